The van der Waals surface area contributed by atoms with Crippen LogP contribution in [0.3, 0.4) is 0 Å². The standard InChI is InChI=1S/C24H33N3O6S/c1-9-18-21(19-16(32-7)10-14(12-30-5)11-17(19)33-8)27-22(34-18)20(15(25-27)13-31-6)26(23(28)29)24(2,3)4/h10-11H,9,12-13H2,1-8H3,(H,28,29). The third kappa shape index (κ3) is 4.57. The van der Waals surface area contributed by atoms with Crippen LogP contribution in [0.2, 0.25) is 0 Å². The Labute approximate surface area is 203 Å². The van der Waals surface area contributed by atoms with E-state index in [0.717, 1.165) is 32.9 Å². The maximum atomic E-state index is 12.4. The van der Waals surface area contributed by atoms with Crippen molar-refractivity contribution in [2.24, 2.45) is 0 Å². The van der Waals surface area contributed by atoms with Crippen LogP contribution in [0, 0.1) is 0 Å². The van der Waals surface area contributed by atoms with Gasteiger partial charge in [0.15, 0.2) is 0 Å². The van der Waals surface area contributed by atoms with Crippen molar-refractivity contribution in [1.29, 1.82) is 0 Å². The van der Waals surface area contributed by atoms with Crippen LogP contribution in [0.15, 0.2) is 12.1 Å². The van der Waals surface area contributed by atoms with Crippen LogP contribution in [-0.2, 0) is 29.1 Å². The van der Waals surface area contributed by atoms with Crippen LogP contribution in [0.4, 0.5) is 10.5 Å². The summed E-state index contributed by atoms with van der Waals surface area (Å²) in [6, 6.07) is 3.84. The molecule has 1 amide bonds. The number of thiazole rings is 1. The lowest BCUT2D eigenvalue weighted by Gasteiger charge is -2.32. The van der Waals surface area contributed by atoms with Crippen LogP contribution < -0.4 is 14.4 Å². The second-order valence-electron chi connectivity index (χ2n) is 8.77. The normalized spacial score (nSPS) is 11.8. The van der Waals surface area contributed by atoms with Crippen molar-refractivity contribution in [2.75, 3.05) is 33.3 Å². The summed E-state index contributed by atoms with van der Waals surface area (Å²) in [5.41, 5.74) is 2.86. The summed E-state index contributed by atoms with van der Waals surface area (Å²) in [4.78, 5) is 15.5. The lowest BCUT2D eigenvalue weighted by Crippen LogP contribution is -2.45. The average molecular weight is 492 g/mol. The number of methoxy groups -OCH3 is 4. The molecule has 3 aromatic rings. The largest absolute Gasteiger partial charge is 0.496 e. The van der Waals surface area contributed by atoms with Gasteiger partial charge in [-0.3, -0.25) is 4.90 Å². The molecule has 3 rings (SSSR count). The first-order valence-corrected chi connectivity index (χ1v) is 11.7. The quantitative estimate of drug-likeness (QED) is 0.439. The van der Waals surface area contributed by atoms with Gasteiger partial charge in [-0.1, -0.05) is 6.92 Å². The fraction of sp³-hybridized carbons (Fsp3) is 0.500. The smallest absolute Gasteiger partial charge is 0.412 e. The van der Waals surface area contributed by atoms with Crippen molar-refractivity contribution in [3.05, 3.63) is 28.3 Å². The summed E-state index contributed by atoms with van der Waals surface area (Å²) in [5.74, 6) is 1.24. The predicted molar refractivity (Wildman–Crippen MR) is 133 cm³/mol. The topological polar surface area (TPSA) is 94.8 Å². The molecule has 10 heteroatoms. The molecule has 2 heterocycles. The Bertz CT molecular complexity index is 1150. The molecule has 2 aromatic heterocycles. The maximum absolute atomic E-state index is 12.4. The minimum Gasteiger partial charge on any atom is -0.496 e. The molecule has 34 heavy (non-hydrogen) atoms. The van der Waals surface area contributed by atoms with Gasteiger partial charge in [0.1, 0.15) is 27.7 Å². The molecule has 0 spiro atoms. The highest BCUT2D eigenvalue weighted by molar-refractivity contribution is 7.18. The third-order valence-electron chi connectivity index (χ3n) is 5.39. The number of ether oxygens (including phenoxy) is 4. The second kappa shape index (κ2) is 10.2. The maximum Gasteiger partial charge on any atom is 0.412 e. The zero-order chi connectivity index (χ0) is 25.2. The van der Waals surface area contributed by atoms with Gasteiger partial charge >= 0.3 is 6.09 Å². The van der Waals surface area contributed by atoms with Crippen LogP contribution >= 0.6 is 11.3 Å². The first kappa shape index (κ1) is 25.8. The number of anilines is 1. The SMILES string of the molecule is CCc1sc2c(N(C(=O)O)C(C)(C)C)c(COC)nn2c1-c1c(OC)cc(COC)cc1OC. The minimum absolute atomic E-state index is 0.172. The molecule has 0 radical (unpaired) electrons. The number of hydrogen-bond donors (Lipinski definition) is 1. The Kier molecular flexibility index (Phi) is 7.74. The van der Waals surface area contributed by atoms with Gasteiger partial charge in [-0.15, -0.1) is 11.3 Å². The number of aromatic nitrogens is 2. The second-order valence-corrected chi connectivity index (χ2v) is 9.85. The van der Waals surface area contributed by atoms with E-state index in [1.807, 2.05) is 32.9 Å². The lowest BCUT2D eigenvalue weighted by molar-refractivity contribution is 0.180. The molecule has 0 aliphatic rings. The van der Waals surface area contributed by atoms with Crippen LogP contribution in [0.5, 0.6) is 11.5 Å². The molecule has 1 aromatic carbocycles. The molecule has 0 atom stereocenters. The van der Waals surface area contributed by atoms with E-state index in [0.29, 0.717) is 29.5 Å². The molecule has 0 saturated heterocycles. The summed E-state index contributed by atoms with van der Waals surface area (Å²) in [7, 11) is 6.43. The number of hydrogen-bond acceptors (Lipinski definition) is 7. The van der Waals surface area contributed by atoms with Gasteiger partial charge in [-0.2, -0.15) is 5.10 Å². The lowest BCUT2D eigenvalue weighted by atomic mass is 10.0. The Morgan fingerprint density at radius 3 is 2.12 bits per heavy atom. The highest BCUT2D eigenvalue weighted by Crippen LogP contribution is 2.47. The van der Waals surface area contributed by atoms with Crippen molar-refractivity contribution in [3.63, 3.8) is 0 Å². The Balaban J connectivity index is 2.42. The van der Waals surface area contributed by atoms with Gasteiger partial charge in [0.25, 0.3) is 0 Å². The molecule has 186 valence electrons. The summed E-state index contributed by atoms with van der Waals surface area (Å²) >= 11 is 1.51. The monoisotopic (exact) mass is 491 g/mol. The van der Waals surface area contributed by atoms with E-state index in [2.05, 4.69) is 6.92 Å². The zero-order valence-corrected chi connectivity index (χ0v) is 21.8. The van der Waals surface area contributed by atoms with Gasteiger partial charge in [0.2, 0.25) is 0 Å². The van der Waals surface area contributed by atoms with E-state index in [1.54, 1.807) is 33.0 Å². The van der Waals surface area contributed by atoms with Crippen molar-refractivity contribution in [1.82, 2.24) is 9.61 Å². The number of nitrogens with zero attached hydrogens (tertiary/aromatic N) is 3. The van der Waals surface area contributed by atoms with Crippen molar-refractivity contribution < 1.29 is 28.8 Å². The molecule has 0 aliphatic carbocycles. The first-order chi connectivity index (χ1) is 16.1. The van der Waals surface area contributed by atoms with Crippen LogP contribution in [0.1, 0.15) is 43.8 Å². The highest BCUT2D eigenvalue weighted by Gasteiger charge is 2.35. The molecular formula is C24H33N3O6S. The van der Waals surface area contributed by atoms with Gasteiger partial charge < -0.3 is 24.1 Å². The molecule has 9 nitrogen and oxygen atoms in total. The van der Waals surface area contributed by atoms with Crippen LogP contribution in [-0.4, -0.2) is 54.8 Å². The molecule has 0 fully saturated rings. The fourth-order valence-electron chi connectivity index (χ4n) is 4.07. The van der Waals surface area contributed by atoms with E-state index in [1.165, 1.54) is 16.2 Å². The van der Waals surface area contributed by atoms with Gasteiger partial charge in [-0.25, -0.2) is 9.31 Å². The molecule has 0 saturated carbocycles. The Morgan fingerprint density at radius 2 is 1.68 bits per heavy atom. The van der Waals surface area contributed by atoms with Crippen molar-refractivity contribution in [2.45, 2.75) is 52.9 Å². The Morgan fingerprint density at radius 1 is 1.09 bits per heavy atom. The first-order valence-electron chi connectivity index (χ1n) is 10.9. The fourth-order valence-corrected chi connectivity index (χ4v) is 5.26. The number of carbonyl (C=O) groups is 1. The van der Waals surface area contributed by atoms with Gasteiger partial charge in [-0.05, 0) is 44.9 Å². The average Bonchev–Trinajstić information content (AvgIpc) is 3.28. The van der Waals surface area contributed by atoms with E-state index in [4.69, 9.17) is 24.0 Å². The summed E-state index contributed by atoms with van der Waals surface area (Å²) in [6.45, 7) is 8.22. The highest BCUT2D eigenvalue weighted by atomic mass is 32.1. The van der Waals surface area contributed by atoms with E-state index < -0.39 is 11.6 Å². The third-order valence-corrected chi connectivity index (χ3v) is 6.67. The van der Waals surface area contributed by atoms with Crippen molar-refractivity contribution >= 4 is 27.9 Å². The van der Waals surface area contributed by atoms with Crippen molar-refractivity contribution in [3.8, 4) is 22.8 Å². The number of aryl methyl sites for hydroxylation is 1. The number of benzene rings is 1. The molecule has 0 bridgehead atoms. The number of amides is 1. The molecular weight excluding hydrogens is 458 g/mol. The summed E-state index contributed by atoms with van der Waals surface area (Å²) in [5, 5.41) is 15.0. The molecule has 0 unspecified atom stereocenters. The predicted octanol–water partition coefficient (Wildman–Crippen LogP) is 5.22. The minimum atomic E-state index is -1.05. The summed E-state index contributed by atoms with van der Waals surface area (Å²) in [6.07, 6.45) is -0.330. The molecule has 1 N–H and O–H groups in total. The Hall–Kier alpha value is -2.82. The number of carboxylic acid groups (broad SMARTS) is 1. The summed E-state index contributed by atoms with van der Waals surface area (Å²) < 4.78 is 24.0. The zero-order valence-electron chi connectivity index (χ0n) is 21.0. The number of rotatable bonds is 9. The van der Waals surface area contributed by atoms with Gasteiger partial charge in [0.05, 0.1) is 38.7 Å². The van der Waals surface area contributed by atoms with E-state index >= 15 is 0 Å². The molecule has 0 aliphatic heterocycles. The van der Waals surface area contributed by atoms with Gasteiger partial charge in [0, 0.05) is 24.6 Å². The van der Waals surface area contributed by atoms with E-state index in [9.17, 15) is 9.90 Å². The number of fused-ring (bicyclic) bond motifs is 1. The van der Waals surface area contributed by atoms with E-state index in [-0.39, 0.29) is 6.61 Å². The van der Waals surface area contributed by atoms with Crippen LogP contribution in [0.25, 0.3) is 16.1 Å².